The number of rotatable bonds is 15. The molecule has 8 heteroatoms. The zero-order valence-corrected chi connectivity index (χ0v) is 23.2. The van der Waals surface area contributed by atoms with Gasteiger partial charge in [0.1, 0.15) is 5.75 Å². The summed E-state index contributed by atoms with van der Waals surface area (Å²) in [6, 6.07) is 12.8. The van der Waals surface area contributed by atoms with E-state index in [9.17, 15) is 14.7 Å². The number of unbranched alkanes of at least 4 members (excludes halogenated alkanes) is 2. The minimum absolute atomic E-state index is 0.0219. The van der Waals surface area contributed by atoms with Crippen molar-refractivity contribution < 1.29 is 28.9 Å². The molecule has 0 unspecified atom stereocenters. The first-order valence-corrected chi connectivity index (χ1v) is 14.3. The molecule has 2 aromatic rings. The quantitative estimate of drug-likeness (QED) is 0.246. The molecular formula is C31H42N2O6. The SMILES string of the molecule is CC(C)Oc1ccc(C(=O)CCCCCC(=O)NC[C@H](CN2CCCC2)[C@H](O)c2ccc3c(c2)OCO3)cc1. The number of hydrogen-bond donors (Lipinski definition) is 2. The molecule has 0 bridgehead atoms. The molecule has 2 heterocycles. The van der Waals surface area contributed by atoms with Crippen molar-refractivity contribution >= 4 is 11.7 Å². The number of nitrogens with zero attached hydrogens (tertiary/aromatic N) is 1. The van der Waals surface area contributed by atoms with Gasteiger partial charge in [0.05, 0.1) is 12.2 Å². The normalized spacial score (nSPS) is 16.3. The van der Waals surface area contributed by atoms with Gasteiger partial charge in [-0.1, -0.05) is 12.5 Å². The van der Waals surface area contributed by atoms with E-state index in [2.05, 4.69) is 10.2 Å². The highest BCUT2D eigenvalue weighted by Crippen LogP contribution is 2.36. The van der Waals surface area contributed by atoms with Crippen LogP contribution in [-0.4, -0.2) is 60.8 Å². The highest BCUT2D eigenvalue weighted by molar-refractivity contribution is 5.96. The van der Waals surface area contributed by atoms with Crippen molar-refractivity contribution in [3.8, 4) is 17.2 Å². The van der Waals surface area contributed by atoms with E-state index >= 15 is 0 Å². The van der Waals surface area contributed by atoms with Gasteiger partial charge >= 0.3 is 0 Å². The van der Waals surface area contributed by atoms with Crippen LogP contribution in [0.1, 0.15) is 80.8 Å². The number of carbonyl (C=O) groups excluding carboxylic acids is 2. The van der Waals surface area contributed by atoms with Crippen LogP contribution in [0, 0.1) is 5.92 Å². The smallest absolute Gasteiger partial charge is 0.231 e. The van der Waals surface area contributed by atoms with Crippen LogP contribution < -0.4 is 19.5 Å². The number of amides is 1. The zero-order valence-electron chi connectivity index (χ0n) is 23.2. The van der Waals surface area contributed by atoms with Crippen LogP contribution in [0.25, 0.3) is 0 Å². The fraction of sp³-hybridized carbons (Fsp3) is 0.548. The summed E-state index contributed by atoms with van der Waals surface area (Å²) in [4.78, 5) is 27.4. The van der Waals surface area contributed by atoms with Crippen LogP contribution in [0.2, 0.25) is 0 Å². The minimum atomic E-state index is -0.725. The van der Waals surface area contributed by atoms with Crippen molar-refractivity contribution in [3.05, 3.63) is 53.6 Å². The van der Waals surface area contributed by atoms with E-state index in [0.717, 1.165) is 50.2 Å². The van der Waals surface area contributed by atoms with Crippen molar-refractivity contribution in [2.24, 2.45) is 5.92 Å². The summed E-state index contributed by atoms with van der Waals surface area (Å²) < 4.78 is 16.5. The molecule has 0 spiro atoms. The molecule has 2 aromatic carbocycles. The number of nitrogens with one attached hydrogen (secondary N) is 1. The number of ketones is 1. The number of Topliss-reactive ketones (excluding diaryl/α,β-unsaturated/α-hetero) is 1. The third-order valence-electron chi connectivity index (χ3n) is 7.29. The van der Waals surface area contributed by atoms with E-state index in [-0.39, 0.29) is 30.5 Å². The van der Waals surface area contributed by atoms with E-state index < -0.39 is 6.10 Å². The Morgan fingerprint density at radius 3 is 2.44 bits per heavy atom. The number of aliphatic hydroxyl groups is 1. The van der Waals surface area contributed by atoms with Crippen molar-refractivity contribution in [3.63, 3.8) is 0 Å². The Labute approximate surface area is 231 Å². The molecule has 0 aromatic heterocycles. The molecule has 1 amide bonds. The van der Waals surface area contributed by atoms with Crippen molar-refractivity contribution in [2.45, 2.75) is 71.0 Å². The molecular weight excluding hydrogens is 496 g/mol. The predicted molar refractivity (Wildman–Crippen MR) is 149 cm³/mol. The Morgan fingerprint density at radius 1 is 0.974 bits per heavy atom. The Kier molecular flexibility index (Phi) is 10.6. The van der Waals surface area contributed by atoms with Gasteiger partial charge in [0.15, 0.2) is 17.3 Å². The van der Waals surface area contributed by atoms with Crippen molar-refractivity contribution in [1.29, 1.82) is 0 Å². The van der Waals surface area contributed by atoms with Gasteiger partial charge in [-0.3, -0.25) is 9.59 Å². The molecule has 2 aliphatic rings. The van der Waals surface area contributed by atoms with Crippen molar-refractivity contribution in [2.75, 3.05) is 33.0 Å². The summed E-state index contributed by atoms with van der Waals surface area (Å²) in [6.45, 7) is 7.30. The van der Waals surface area contributed by atoms with E-state index in [1.165, 1.54) is 12.8 Å². The predicted octanol–water partition coefficient (Wildman–Crippen LogP) is 4.90. The van der Waals surface area contributed by atoms with Gasteiger partial charge in [-0.05, 0) is 94.6 Å². The number of carbonyl (C=O) groups is 2. The maximum absolute atomic E-state index is 12.6. The van der Waals surface area contributed by atoms with Gasteiger partial charge in [-0.15, -0.1) is 0 Å². The van der Waals surface area contributed by atoms with Crippen LogP contribution in [0.5, 0.6) is 17.2 Å². The number of aliphatic hydroxyl groups excluding tert-OH is 1. The van der Waals surface area contributed by atoms with Crippen LogP contribution in [0.15, 0.2) is 42.5 Å². The van der Waals surface area contributed by atoms with Crippen molar-refractivity contribution in [1.82, 2.24) is 10.2 Å². The van der Waals surface area contributed by atoms with Gasteiger partial charge in [0.25, 0.3) is 0 Å². The minimum Gasteiger partial charge on any atom is -0.491 e. The molecule has 2 N–H and O–H groups in total. The van der Waals surface area contributed by atoms with Gasteiger partial charge in [0.2, 0.25) is 12.7 Å². The molecule has 0 saturated carbocycles. The largest absolute Gasteiger partial charge is 0.491 e. The second-order valence-corrected chi connectivity index (χ2v) is 10.8. The number of benzene rings is 2. The molecule has 1 saturated heterocycles. The van der Waals surface area contributed by atoms with Gasteiger partial charge in [-0.25, -0.2) is 0 Å². The van der Waals surface area contributed by atoms with Crippen LogP contribution in [-0.2, 0) is 4.79 Å². The average Bonchev–Trinajstić information content (AvgIpc) is 3.62. The Bertz CT molecular complexity index is 1080. The number of fused-ring (bicyclic) bond motifs is 1. The van der Waals surface area contributed by atoms with Gasteiger partial charge < -0.3 is 29.5 Å². The summed E-state index contributed by atoms with van der Waals surface area (Å²) in [5, 5.41) is 14.3. The van der Waals surface area contributed by atoms with E-state index in [0.29, 0.717) is 36.4 Å². The summed E-state index contributed by atoms with van der Waals surface area (Å²) in [5.41, 5.74) is 1.46. The Balaban J connectivity index is 1.19. The second-order valence-electron chi connectivity index (χ2n) is 10.8. The molecule has 39 heavy (non-hydrogen) atoms. The van der Waals surface area contributed by atoms with Gasteiger partial charge in [0, 0.05) is 37.4 Å². The van der Waals surface area contributed by atoms with E-state index in [4.69, 9.17) is 14.2 Å². The summed E-state index contributed by atoms with van der Waals surface area (Å²) >= 11 is 0. The third-order valence-corrected chi connectivity index (χ3v) is 7.29. The fourth-order valence-corrected chi connectivity index (χ4v) is 5.16. The molecule has 2 atom stereocenters. The monoisotopic (exact) mass is 538 g/mol. The third kappa shape index (κ3) is 8.70. The van der Waals surface area contributed by atoms with E-state index in [1.54, 1.807) is 0 Å². The number of hydrogen-bond acceptors (Lipinski definition) is 7. The summed E-state index contributed by atoms with van der Waals surface area (Å²) in [6.07, 6.45) is 4.86. The lowest BCUT2D eigenvalue weighted by Gasteiger charge is -2.28. The molecule has 8 nitrogen and oxygen atoms in total. The highest BCUT2D eigenvalue weighted by atomic mass is 16.7. The number of likely N-dealkylation sites (tertiary alicyclic amines) is 1. The maximum atomic E-state index is 12.6. The topological polar surface area (TPSA) is 97.3 Å². The highest BCUT2D eigenvalue weighted by Gasteiger charge is 2.27. The van der Waals surface area contributed by atoms with Crippen LogP contribution >= 0.6 is 0 Å². The van der Waals surface area contributed by atoms with Crippen LogP contribution in [0.3, 0.4) is 0 Å². The standard InChI is InChI=1S/C31H42N2O6/c1-22(2)39-26-13-10-23(11-14-26)27(34)8-4-3-5-9-30(35)32-19-25(20-33-16-6-7-17-33)31(36)24-12-15-28-29(18-24)38-21-37-28/h10-15,18,22,25,31,36H,3-9,16-17,19-21H2,1-2H3,(H,32,35)/t25-,31-/m1/s1. The average molecular weight is 539 g/mol. The zero-order chi connectivity index (χ0) is 27.6. The number of ether oxygens (including phenoxy) is 3. The van der Waals surface area contributed by atoms with Gasteiger partial charge in [-0.2, -0.15) is 0 Å². The first-order chi connectivity index (χ1) is 18.9. The second kappa shape index (κ2) is 14.3. The summed E-state index contributed by atoms with van der Waals surface area (Å²) in [7, 11) is 0. The first kappa shape index (κ1) is 28.9. The Hall–Kier alpha value is -3.10. The van der Waals surface area contributed by atoms with E-state index in [1.807, 2.05) is 56.3 Å². The maximum Gasteiger partial charge on any atom is 0.231 e. The molecule has 4 rings (SSSR count). The Morgan fingerprint density at radius 2 is 1.69 bits per heavy atom. The van der Waals surface area contributed by atoms with Crippen LogP contribution in [0.4, 0.5) is 0 Å². The summed E-state index contributed by atoms with van der Waals surface area (Å²) in [5.74, 6) is 2.04. The lowest BCUT2D eigenvalue weighted by Crippen LogP contribution is -2.38. The molecule has 0 aliphatic carbocycles. The molecule has 2 aliphatic heterocycles. The lowest BCUT2D eigenvalue weighted by molar-refractivity contribution is -0.121. The first-order valence-electron chi connectivity index (χ1n) is 14.3. The lowest BCUT2D eigenvalue weighted by atomic mass is 9.94. The molecule has 212 valence electrons. The molecule has 1 fully saturated rings. The fourth-order valence-electron chi connectivity index (χ4n) is 5.16. The molecule has 0 radical (unpaired) electrons.